The minimum atomic E-state index is -1.21. The third-order valence-corrected chi connectivity index (χ3v) is 2.53. The molecule has 0 heterocycles. The molecule has 0 aliphatic heterocycles. The van der Waals surface area contributed by atoms with Crippen LogP contribution in [0.4, 0.5) is 24.5 Å². The van der Waals surface area contributed by atoms with Crippen molar-refractivity contribution in [1.29, 1.82) is 0 Å². The van der Waals surface area contributed by atoms with E-state index in [1.165, 1.54) is 0 Å². The largest absolute Gasteiger partial charge is 0.398 e. The summed E-state index contributed by atoms with van der Waals surface area (Å²) >= 11 is 0. The fraction of sp³-hybridized carbons (Fsp3) is 0.0769. The van der Waals surface area contributed by atoms with Crippen LogP contribution in [0.5, 0.6) is 0 Å². The number of hydrogen-bond donors (Lipinski definition) is 2. The molecule has 5 heteroatoms. The Morgan fingerprint density at radius 3 is 2.33 bits per heavy atom. The lowest BCUT2D eigenvalue weighted by molar-refractivity contribution is 0.496. The molecule has 0 unspecified atom stereocenters. The van der Waals surface area contributed by atoms with Crippen LogP contribution in [0.1, 0.15) is 5.56 Å². The second-order valence-electron chi connectivity index (χ2n) is 3.80. The van der Waals surface area contributed by atoms with Gasteiger partial charge in [-0.15, -0.1) is 0 Å². The van der Waals surface area contributed by atoms with Crippen molar-refractivity contribution >= 4 is 11.4 Å². The van der Waals surface area contributed by atoms with Crippen LogP contribution in [0.25, 0.3) is 0 Å². The highest BCUT2D eigenvalue weighted by atomic mass is 19.2. The Balaban J connectivity index is 2.16. The van der Waals surface area contributed by atoms with Gasteiger partial charge in [-0.1, -0.05) is 18.2 Å². The minimum absolute atomic E-state index is 0.0999. The van der Waals surface area contributed by atoms with Crippen molar-refractivity contribution in [2.75, 3.05) is 11.1 Å². The first kappa shape index (κ1) is 12.3. The van der Waals surface area contributed by atoms with Gasteiger partial charge in [0, 0.05) is 24.4 Å². The monoisotopic (exact) mass is 252 g/mol. The summed E-state index contributed by atoms with van der Waals surface area (Å²) in [5.41, 5.74) is 6.91. The van der Waals surface area contributed by atoms with Gasteiger partial charge >= 0.3 is 0 Å². The zero-order valence-corrected chi connectivity index (χ0v) is 9.38. The molecule has 0 aliphatic rings. The molecule has 0 amide bonds. The zero-order valence-electron chi connectivity index (χ0n) is 9.38. The molecular weight excluding hydrogens is 241 g/mol. The molecule has 0 saturated carbocycles. The highest BCUT2D eigenvalue weighted by Crippen LogP contribution is 2.20. The summed E-state index contributed by atoms with van der Waals surface area (Å²) in [6.45, 7) is 0.231. The molecule has 18 heavy (non-hydrogen) atoms. The molecule has 0 saturated heterocycles. The maximum Gasteiger partial charge on any atom is 0.161 e. The highest BCUT2D eigenvalue weighted by Gasteiger charge is 2.09. The molecule has 2 aromatic carbocycles. The first-order valence-electron chi connectivity index (χ1n) is 5.29. The third kappa shape index (κ3) is 2.56. The van der Waals surface area contributed by atoms with Crippen molar-refractivity contribution in [3.05, 3.63) is 59.4 Å². The predicted molar refractivity (Wildman–Crippen MR) is 64.5 cm³/mol. The molecule has 0 spiro atoms. The van der Waals surface area contributed by atoms with Crippen molar-refractivity contribution in [3.8, 4) is 0 Å². The summed E-state index contributed by atoms with van der Waals surface area (Å²) in [6, 6.07) is 8.32. The number of nitrogens with one attached hydrogen (secondary N) is 1. The van der Waals surface area contributed by atoms with Gasteiger partial charge in [-0.25, -0.2) is 13.2 Å². The van der Waals surface area contributed by atoms with Crippen molar-refractivity contribution in [3.63, 3.8) is 0 Å². The van der Waals surface area contributed by atoms with E-state index in [2.05, 4.69) is 5.32 Å². The number of halogens is 3. The van der Waals surface area contributed by atoms with E-state index in [9.17, 15) is 13.2 Å². The first-order valence-corrected chi connectivity index (χ1v) is 5.29. The number of rotatable bonds is 3. The van der Waals surface area contributed by atoms with Gasteiger partial charge < -0.3 is 11.1 Å². The Morgan fingerprint density at radius 2 is 1.61 bits per heavy atom. The molecule has 0 fully saturated rings. The van der Waals surface area contributed by atoms with Gasteiger partial charge in [0.2, 0.25) is 0 Å². The van der Waals surface area contributed by atoms with E-state index in [1.54, 1.807) is 24.3 Å². The van der Waals surface area contributed by atoms with E-state index in [-0.39, 0.29) is 12.2 Å². The van der Waals surface area contributed by atoms with Crippen LogP contribution < -0.4 is 11.1 Å². The van der Waals surface area contributed by atoms with Crippen LogP contribution in [0, 0.1) is 17.5 Å². The first-order chi connectivity index (χ1) is 8.58. The van der Waals surface area contributed by atoms with Crippen molar-refractivity contribution in [1.82, 2.24) is 0 Å². The minimum Gasteiger partial charge on any atom is -0.398 e. The molecule has 0 aliphatic carbocycles. The van der Waals surface area contributed by atoms with Gasteiger partial charge in [-0.3, -0.25) is 0 Å². The molecular formula is C13H11F3N2. The maximum absolute atomic E-state index is 13.3. The Kier molecular flexibility index (Phi) is 3.41. The number of nitrogen functional groups attached to an aromatic ring is 1. The highest BCUT2D eigenvalue weighted by molar-refractivity contribution is 5.51. The summed E-state index contributed by atoms with van der Waals surface area (Å²) in [4.78, 5) is 0. The molecule has 0 aromatic heterocycles. The van der Waals surface area contributed by atoms with E-state index in [1.807, 2.05) is 0 Å². The molecule has 2 aromatic rings. The standard InChI is InChI=1S/C13H11F3N2/c14-9-5-11(16)13(6-10(9)15)18-7-8-3-1-2-4-12(8)17/h1-6,18H,7,17H2. The smallest absolute Gasteiger partial charge is 0.161 e. The second-order valence-corrected chi connectivity index (χ2v) is 3.80. The lowest BCUT2D eigenvalue weighted by Gasteiger charge is -2.10. The van der Waals surface area contributed by atoms with E-state index >= 15 is 0 Å². The van der Waals surface area contributed by atoms with Gasteiger partial charge in [0.15, 0.2) is 11.6 Å². The Labute approximate surface area is 102 Å². The SMILES string of the molecule is Nc1ccccc1CNc1cc(F)c(F)cc1F. The van der Waals surface area contributed by atoms with Crippen molar-refractivity contribution in [2.24, 2.45) is 0 Å². The summed E-state index contributed by atoms with van der Waals surface area (Å²) in [6.07, 6.45) is 0. The van der Waals surface area contributed by atoms with E-state index in [0.717, 1.165) is 11.6 Å². The van der Waals surface area contributed by atoms with Gasteiger partial charge in [0.25, 0.3) is 0 Å². The molecule has 3 N–H and O–H groups in total. The Morgan fingerprint density at radius 1 is 0.944 bits per heavy atom. The molecule has 0 bridgehead atoms. The fourth-order valence-corrected chi connectivity index (χ4v) is 1.54. The summed E-state index contributed by atoms with van der Waals surface area (Å²) in [7, 11) is 0. The van der Waals surface area contributed by atoms with Gasteiger partial charge in [0.05, 0.1) is 5.69 Å². The second kappa shape index (κ2) is 5.00. The van der Waals surface area contributed by atoms with Crippen molar-refractivity contribution in [2.45, 2.75) is 6.54 Å². The number of para-hydroxylation sites is 1. The zero-order chi connectivity index (χ0) is 13.1. The van der Waals surface area contributed by atoms with E-state index in [4.69, 9.17) is 5.73 Å². The van der Waals surface area contributed by atoms with Crippen LogP contribution in [0.2, 0.25) is 0 Å². The fourth-order valence-electron chi connectivity index (χ4n) is 1.54. The number of anilines is 2. The normalized spacial score (nSPS) is 10.4. The van der Waals surface area contributed by atoms with Crippen LogP contribution in [-0.4, -0.2) is 0 Å². The molecule has 0 radical (unpaired) electrons. The Hall–Kier alpha value is -2.17. The average Bonchev–Trinajstić information content (AvgIpc) is 2.34. The molecule has 2 rings (SSSR count). The lowest BCUT2D eigenvalue weighted by atomic mass is 10.2. The lowest BCUT2D eigenvalue weighted by Crippen LogP contribution is -2.05. The van der Waals surface area contributed by atoms with E-state index < -0.39 is 17.5 Å². The van der Waals surface area contributed by atoms with Crippen LogP contribution in [-0.2, 0) is 6.54 Å². The van der Waals surface area contributed by atoms with Crippen molar-refractivity contribution < 1.29 is 13.2 Å². The summed E-state index contributed by atoms with van der Waals surface area (Å²) in [5.74, 6) is -3.15. The van der Waals surface area contributed by atoms with Gasteiger partial charge in [-0.2, -0.15) is 0 Å². The predicted octanol–water partition coefficient (Wildman–Crippen LogP) is 3.30. The van der Waals surface area contributed by atoms with Gasteiger partial charge in [-0.05, 0) is 11.6 Å². The van der Waals surface area contributed by atoms with Crippen LogP contribution in [0.3, 0.4) is 0 Å². The third-order valence-electron chi connectivity index (χ3n) is 2.53. The molecule has 2 nitrogen and oxygen atoms in total. The quantitative estimate of drug-likeness (QED) is 0.649. The Bertz CT molecular complexity index is 570. The average molecular weight is 252 g/mol. The van der Waals surface area contributed by atoms with Gasteiger partial charge in [0.1, 0.15) is 5.82 Å². The number of hydrogen-bond acceptors (Lipinski definition) is 2. The number of nitrogens with two attached hydrogens (primary N) is 1. The number of benzene rings is 2. The molecule has 94 valence electrons. The maximum atomic E-state index is 13.3. The van der Waals surface area contributed by atoms with Crippen LogP contribution >= 0.6 is 0 Å². The van der Waals surface area contributed by atoms with E-state index in [0.29, 0.717) is 11.8 Å². The van der Waals surface area contributed by atoms with Crippen LogP contribution in [0.15, 0.2) is 36.4 Å². The summed E-state index contributed by atoms with van der Waals surface area (Å²) < 4.78 is 39.0. The molecule has 0 atom stereocenters. The topological polar surface area (TPSA) is 38.0 Å². The summed E-state index contributed by atoms with van der Waals surface area (Å²) in [5, 5.41) is 2.68.